The summed E-state index contributed by atoms with van der Waals surface area (Å²) in [5, 5.41) is 0. The van der Waals surface area contributed by atoms with Crippen LogP contribution in [0.2, 0.25) is 0 Å². The van der Waals surface area contributed by atoms with Crippen molar-refractivity contribution < 1.29 is 4.39 Å². The van der Waals surface area contributed by atoms with E-state index in [2.05, 4.69) is 0 Å². The van der Waals surface area contributed by atoms with Crippen molar-refractivity contribution >= 4 is 0 Å². The van der Waals surface area contributed by atoms with Crippen molar-refractivity contribution in [2.24, 2.45) is 5.73 Å². The molecular weight excluding hydrogens is 189 g/mol. The maximum Gasteiger partial charge on any atom is 0.123 e. The lowest BCUT2D eigenvalue weighted by atomic mass is 10.1. The molecule has 2 aromatic rings. The van der Waals surface area contributed by atoms with Gasteiger partial charge in [0.2, 0.25) is 0 Å². The van der Waals surface area contributed by atoms with Gasteiger partial charge in [-0.3, -0.25) is 0 Å². The lowest BCUT2D eigenvalue weighted by Crippen LogP contribution is -2.07. The van der Waals surface area contributed by atoms with Crippen molar-refractivity contribution in [3.63, 3.8) is 0 Å². The van der Waals surface area contributed by atoms with Gasteiger partial charge in [-0.25, -0.2) is 4.39 Å². The second-order valence-corrected chi connectivity index (χ2v) is 3.80. The van der Waals surface area contributed by atoms with Gasteiger partial charge in [0, 0.05) is 0 Å². The Hall–Kier alpha value is -1.67. The van der Waals surface area contributed by atoms with E-state index < -0.39 is 0 Å². The average molecular weight is 199 g/mol. The zero-order valence-corrected chi connectivity index (χ0v) is 8.07. The van der Waals surface area contributed by atoms with Crippen LogP contribution < -0.4 is 5.73 Å². The molecule has 1 nitrogen and oxygen atoms in total. The number of hydrogen-bond donors (Lipinski definition) is 1. The Bertz CT molecular complexity index is 534. The molecule has 0 saturated heterocycles. The van der Waals surface area contributed by atoms with E-state index in [1.807, 2.05) is 24.3 Å². The predicted molar refractivity (Wildman–Crippen MR) is 57.9 cm³/mol. The Kier molecular flexibility index (Phi) is 1.67. The molecule has 0 saturated carbocycles. The Morgan fingerprint density at radius 1 is 0.933 bits per heavy atom. The van der Waals surface area contributed by atoms with Crippen molar-refractivity contribution in [1.82, 2.24) is 0 Å². The second-order valence-electron chi connectivity index (χ2n) is 3.80. The van der Waals surface area contributed by atoms with Gasteiger partial charge >= 0.3 is 0 Å². The summed E-state index contributed by atoms with van der Waals surface area (Å²) >= 11 is 0. The first kappa shape index (κ1) is 8.62. The summed E-state index contributed by atoms with van der Waals surface area (Å²) in [5.41, 5.74) is 10.2. The first-order chi connectivity index (χ1) is 7.27. The first-order valence-corrected chi connectivity index (χ1v) is 4.92. The van der Waals surface area contributed by atoms with Crippen LogP contribution in [0.5, 0.6) is 0 Å². The molecule has 2 N–H and O–H groups in total. The lowest BCUT2D eigenvalue weighted by molar-refractivity contribution is 0.624. The highest BCUT2D eigenvalue weighted by Gasteiger charge is 2.25. The van der Waals surface area contributed by atoms with Crippen molar-refractivity contribution in [2.75, 3.05) is 0 Å². The molecule has 0 spiro atoms. The van der Waals surface area contributed by atoms with Crippen LogP contribution in [0.15, 0.2) is 42.5 Å². The standard InChI is InChI=1S/C13H10FN/c14-8-5-6-10-9-3-1-2-4-11(9)13(15)12(10)7-8/h1-7,13H,15H2. The van der Waals surface area contributed by atoms with Gasteiger partial charge in [0.25, 0.3) is 0 Å². The summed E-state index contributed by atoms with van der Waals surface area (Å²) in [6, 6.07) is 12.6. The Morgan fingerprint density at radius 3 is 2.53 bits per heavy atom. The summed E-state index contributed by atoms with van der Waals surface area (Å²) in [4.78, 5) is 0. The van der Waals surface area contributed by atoms with Gasteiger partial charge < -0.3 is 5.73 Å². The van der Waals surface area contributed by atoms with E-state index in [0.717, 1.165) is 22.3 Å². The minimum atomic E-state index is -0.225. The summed E-state index contributed by atoms with van der Waals surface area (Å²) in [6.45, 7) is 0. The molecule has 1 aliphatic carbocycles. The molecule has 1 unspecified atom stereocenters. The van der Waals surface area contributed by atoms with E-state index in [-0.39, 0.29) is 11.9 Å². The Morgan fingerprint density at radius 2 is 1.67 bits per heavy atom. The predicted octanol–water partition coefficient (Wildman–Crippen LogP) is 2.85. The SMILES string of the molecule is NC1c2ccccc2-c2ccc(F)cc21. The van der Waals surface area contributed by atoms with Gasteiger partial charge in [0.15, 0.2) is 0 Å². The lowest BCUT2D eigenvalue weighted by Gasteiger charge is -2.05. The fourth-order valence-corrected chi connectivity index (χ4v) is 2.22. The third-order valence-corrected chi connectivity index (χ3v) is 2.93. The molecular formula is C13H10FN. The smallest absolute Gasteiger partial charge is 0.123 e. The van der Waals surface area contributed by atoms with Gasteiger partial charge in [-0.05, 0) is 34.4 Å². The minimum absolute atomic E-state index is 0.188. The van der Waals surface area contributed by atoms with Crippen LogP contribution in [-0.2, 0) is 0 Å². The molecule has 0 aliphatic heterocycles. The van der Waals surface area contributed by atoms with Gasteiger partial charge in [0.1, 0.15) is 5.82 Å². The van der Waals surface area contributed by atoms with Crippen molar-refractivity contribution in [3.8, 4) is 11.1 Å². The summed E-state index contributed by atoms with van der Waals surface area (Å²) in [6.07, 6.45) is 0. The number of rotatable bonds is 0. The maximum atomic E-state index is 13.1. The molecule has 2 heteroatoms. The largest absolute Gasteiger partial charge is 0.320 e. The third-order valence-electron chi connectivity index (χ3n) is 2.93. The van der Waals surface area contributed by atoms with Crippen LogP contribution in [0.25, 0.3) is 11.1 Å². The molecule has 74 valence electrons. The van der Waals surface area contributed by atoms with Crippen LogP contribution >= 0.6 is 0 Å². The van der Waals surface area contributed by atoms with E-state index in [0.29, 0.717) is 0 Å². The molecule has 1 aliphatic rings. The molecule has 0 fully saturated rings. The number of hydrogen-bond acceptors (Lipinski definition) is 1. The number of halogens is 1. The van der Waals surface area contributed by atoms with Crippen LogP contribution in [0.4, 0.5) is 4.39 Å². The highest BCUT2D eigenvalue weighted by molar-refractivity contribution is 5.78. The topological polar surface area (TPSA) is 26.0 Å². The zero-order valence-electron chi connectivity index (χ0n) is 8.07. The second kappa shape index (κ2) is 2.91. The first-order valence-electron chi connectivity index (χ1n) is 4.92. The summed E-state index contributed by atoms with van der Waals surface area (Å²) in [7, 11) is 0. The molecule has 3 rings (SSSR count). The molecule has 15 heavy (non-hydrogen) atoms. The quantitative estimate of drug-likeness (QED) is 0.693. The van der Waals surface area contributed by atoms with Crippen LogP contribution in [0.1, 0.15) is 17.2 Å². The molecule has 1 atom stereocenters. The molecule has 0 aromatic heterocycles. The highest BCUT2D eigenvalue weighted by Crippen LogP contribution is 2.41. The molecule has 2 aromatic carbocycles. The van der Waals surface area contributed by atoms with Crippen molar-refractivity contribution in [1.29, 1.82) is 0 Å². The maximum absolute atomic E-state index is 13.1. The fraction of sp³-hybridized carbons (Fsp3) is 0.0769. The van der Waals surface area contributed by atoms with Crippen molar-refractivity contribution in [3.05, 3.63) is 59.4 Å². The van der Waals surface area contributed by atoms with Gasteiger partial charge in [-0.15, -0.1) is 0 Å². The highest BCUT2D eigenvalue weighted by atomic mass is 19.1. The number of benzene rings is 2. The Labute approximate surface area is 87.4 Å². The number of nitrogens with two attached hydrogens (primary N) is 1. The van der Waals surface area contributed by atoms with Crippen LogP contribution in [0, 0.1) is 5.82 Å². The zero-order chi connectivity index (χ0) is 10.4. The van der Waals surface area contributed by atoms with Gasteiger partial charge in [0.05, 0.1) is 6.04 Å². The van der Waals surface area contributed by atoms with Crippen LogP contribution in [-0.4, -0.2) is 0 Å². The normalized spacial score (nSPS) is 17.3. The van der Waals surface area contributed by atoms with Crippen LogP contribution in [0.3, 0.4) is 0 Å². The minimum Gasteiger partial charge on any atom is -0.320 e. The fourth-order valence-electron chi connectivity index (χ4n) is 2.22. The number of fused-ring (bicyclic) bond motifs is 3. The third kappa shape index (κ3) is 1.12. The molecule has 0 bridgehead atoms. The molecule has 0 radical (unpaired) electrons. The molecule has 0 amide bonds. The van der Waals surface area contributed by atoms with E-state index >= 15 is 0 Å². The summed E-state index contributed by atoms with van der Waals surface area (Å²) < 4.78 is 13.1. The van der Waals surface area contributed by atoms with Gasteiger partial charge in [-0.2, -0.15) is 0 Å². The van der Waals surface area contributed by atoms with Crippen molar-refractivity contribution in [2.45, 2.75) is 6.04 Å². The monoisotopic (exact) mass is 199 g/mol. The van der Waals surface area contributed by atoms with E-state index in [1.165, 1.54) is 12.1 Å². The average Bonchev–Trinajstić information content (AvgIpc) is 2.54. The van der Waals surface area contributed by atoms with E-state index in [4.69, 9.17) is 5.73 Å². The van der Waals surface area contributed by atoms with Gasteiger partial charge in [-0.1, -0.05) is 30.3 Å². The van der Waals surface area contributed by atoms with E-state index in [9.17, 15) is 4.39 Å². The summed E-state index contributed by atoms with van der Waals surface area (Å²) in [5.74, 6) is -0.225. The van der Waals surface area contributed by atoms with E-state index in [1.54, 1.807) is 6.07 Å². The molecule has 0 heterocycles. The Balaban J connectivity index is 2.32.